The lowest BCUT2D eigenvalue weighted by molar-refractivity contribution is 0.593. The number of benzene rings is 2. The van der Waals surface area contributed by atoms with Gasteiger partial charge >= 0.3 is 0 Å². The van der Waals surface area contributed by atoms with Crippen LogP contribution in [0.5, 0.6) is 0 Å². The van der Waals surface area contributed by atoms with Gasteiger partial charge in [-0.1, -0.05) is 29.8 Å². The minimum Gasteiger partial charge on any atom is -0.252 e. The van der Waals surface area contributed by atoms with Gasteiger partial charge < -0.3 is 0 Å². The maximum atomic E-state index is 12.5. The second-order valence-corrected chi connectivity index (χ2v) is 8.60. The summed E-state index contributed by atoms with van der Waals surface area (Å²) in [7, 11) is -7.82. The van der Waals surface area contributed by atoms with Crippen molar-refractivity contribution < 1.29 is 16.8 Å². The number of primary sulfonamides is 1. The number of hydrogen-bond acceptors (Lipinski definition) is 4. The molecule has 0 unspecified atom stereocenters. The molecule has 0 atom stereocenters. The monoisotopic (exact) mass is 385 g/mol. The third-order valence-electron chi connectivity index (χ3n) is 3.34. The molecule has 126 valence electrons. The quantitative estimate of drug-likeness (QED) is 0.714. The van der Waals surface area contributed by atoms with Crippen LogP contribution >= 0.6 is 11.6 Å². The highest BCUT2D eigenvalue weighted by Crippen LogP contribution is 2.25. The molecule has 2 aromatic carbocycles. The largest absolute Gasteiger partial charge is 0.275 e. The van der Waals surface area contributed by atoms with Crippen molar-refractivity contribution in [2.24, 2.45) is 5.14 Å². The summed E-state index contributed by atoms with van der Waals surface area (Å²) in [5.41, 5.74) is 0.590. The molecule has 7 nitrogen and oxygen atoms in total. The number of hydrogen-bond donors (Lipinski definition) is 2. The summed E-state index contributed by atoms with van der Waals surface area (Å²) >= 11 is 6.09. The third kappa shape index (κ3) is 3.11. The lowest BCUT2D eigenvalue weighted by Crippen LogP contribution is -2.22. The van der Waals surface area contributed by atoms with Gasteiger partial charge in [0.25, 0.3) is 10.0 Å². The first-order valence-electron chi connectivity index (χ1n) is 6.60. The summed E-state index contributed by atoms with van der Waals surface area (Å²) in [5.74, 6) is 0. The topological polar surface area (TPSA) is 111 Å². The van der Waals surface area contributed by atoms with Crippen LogP contribution in [0.4, 0.5) is 0 Å². The molecule has 0 aliphatic rings. The Labute approximate surface area is 143 Å². The van der Waals surface area contributed by atoms with Gasteiger partial charge in [-0.05, 0) is 30.3 Å². The van der Waals surface area contributed by atoms with E-state index in [0.29, 0.717) is 15.9 Å². The normalized spacial score (nSPS) is 12.4. The number of nitrogens with zero attached hydrogens (tertiary/aromatic N) is 1. The van der Waals surface area contributed by atoms with Crippen LogP contribution < -0.4 is 9.97 Å². The van der Waals surface area contributed by atoms with E-state index in [-0.39, 0.29) is 9.79 Å². The van der Waals surface area contributed by atoms with Crippen LogP contribution in [0.3, 0.4) is 0 Å². The molecule has 3 N–H and O–H groups in total. The Bertz CT molecular complexity index is 1120. The van der Waals surface area contributed by atoms with Crippen molar-refractivity contribution in [1.82, 2.24) is 4.68 Å². The second kappa shape index (κ2) is 5.78. The van der Waals surface area contributed by atoms with Gasteiger partial charge in [-0.25, -0.2) is 18.4 Å². The Hall–Kier alpha value is -2.07. The fourth-order valence-electron chi connectivity index (χ4n) is 2.20. The molecule has 0 fully saturated rings. The van der Waals surface area contributed by atoms with Gasteiger partial charge in [-0.15, -0.1) is 0 Å². The molecule has 3 rings (SSSR count). The van der Waals surface area contributed by atoms with E-state index >= 15 is 0 Å². The van der Waals surface area contributed by atoms with E-state index < -0.39 is 20.0 Å². The molecule has 1 heterocycles. The average Bonchev–Trinajstić information content (AvgIpc) is 2.83. The third-order valence-corrected chi connectivity index (χ3v) is 5.90. The van der Waals surface area contributed by atoms with Crippen LogP contribution in [-0.2, 0) is 20.0 Å². The zero-order valence-electron chi connectivity index (χ0n) is 12.0. The maximum Gasteiger partial charge on any atom is 0.275 e. The summed E-state index contributed by atoms with van der Waals surface area (Å²) in [6.07, 6.45) is 1.45. The summed E-state index contributed by atoms with van der Waals surface area (Å²) < 4.78 is 48.7. The fourth-order valence-corrected chi connectivity index (χ4v) is 3.99. The molecule has 1 aromatic heterocycles. The lowest BCUT2D eigenvalue weighted by Gasteiger charge is -2.10. The van der Waals surface area contributed by atoms with E-state index in [4.69, 9.17) is 16.7 Å². The van der Waals surface area contributed by atoms with E-state index in [9.17, 15) is 16.8 Å². The maximum absolute atomic E-state index is 12.5. The Morgan fingerprint density at radius 3 is 2.12 bits per heavy atom. The first-order chi connectivity index (χ1) is 11.2. The number of rotatable bonds is 4. The van der Waals surface area contributed by atoms with Crippen LogP contribution in [0.15, 0.2) is 64.5 Å². The van der Waals surface area contributed by atoms with Crippen molar-refractivity contribution >= 4 is 42.6 Å². The van der Waals surface area contributed by atoms with Crippen LogP contribution in [0, 0.1) is 0 Å². The molecule has 0 saturated carbocycles. The zero-order valence-corrected chi connectivity index (χ0v) is 14.4. The van der Waals surface area contributed by atoms with Crippen molar-refractivity contribution in [3.05, 3.63) is 59.8 Å². The van der Waals surface area contributed by atoms with E-state index in [2.05, 4.69) is 4.83 Å². The molecule has 0 radical (unpaired) electrons. The number of para-hydroxylation sites is 1. The van der Waals surface area contributed by atoms with Crippen LogP contribution in [0.1, 0.15) is 0 Å². The molecule has 0 aliphatic heterocycles. The second-order valence-electron chi connectivity index (χ2n) is 4.98. The summed E-state index contributed by atoms with van der Waals surface area (Å²) in [5, 5.41) is 6.09. The molecule has 24 heavy (non-hydrogen) atoms. The number of nitrogens with one attached hydrogen (secondary N) is 1. The highest BCUT2D eigenvalue weighted by atomic mass is 35.5. The van der Waals surface area contributed by atoms with E-state index in [1.165, 1.54) is 10.9 Å². The predicted octanol–water partition coefficient (Wildman–Crippen LogP) is 1.87. The molecule has 0 saturated heterocycles. The number of aromatic nitrogens is 1. The van der Waals surface area contributed by atoms with Crippen molar-refractivity contribution in [3.8, 4) is 0 Å². The lowest BCUT2D eigenvalue weighted by atomic mass is 10.2. The van der Waals surface area contributed by atoms with E-state index in [1.54, 1.807) is 24.3 Å². The highest BCUT2D eigenvalue weighted by molar-refractivity contribution is 7.92. The fraction of sp³-hybridized carbons (Fsp3) is 0. The Kier molecular flexibility index (Phi) is 4.04. The smallest absolute Gasteiger partial charge is 0.252 e. The molecular formula is C14H12ClN3O4S2. The minimum absolute atomic E-state index is 0.108. The Morgan fingerprint density at radius 2 is 1.50 bits per heavy atom. The van der Waals surface area contributed by atoms with E-state index in [1.807, 2.05) is 0 Å². The van der Waals surface area contributed by atoms with Gasteiger partial charge in [0.1, 0.15) is 0 Å². The first-order valence-corrected chi connectivity index (χ1v) is 10.0. The Morgan fingerprint density at radius 1 is 0.917 bits per heavy atom. The molecule has 0 amide bonds. The van der Waals surface area contributed by atoms with Crippen molar-refractivity contribution in [2.75, 3.05) is 4.83 Å². The highest BCUT2D eigenvalue weighted by Gasteiger charge is 2.17. The van der Waals surface area contributed by atoms with Crippen LogP contribution in [0.2, 0.25) is 5.02 Å². The van der Waals surface area contributed by atoms with Crippen molar-refractivity contribution in [1.29, 1.82) is 0 Å². The summed E-state index contributed by atoms with van der Waals surface area (Å²) in [4.78, 5) is 2.10. The summed E-state index contributed by atoms with van der Waals surface area (Å²) in [6, 6.07) is 11.6. The minimum atomic E-state index is -3.94. The number of halogens is 1. The molecular weight excluding hydrogens is 374 g/mol. The summed E-state index contributed by atoms with van der Waals surface area (Å²) in [6.45, 7) is 0. The van der Waals surface area contributed by atoms with Gasteiger partial charge in [0.05, 0.1) is 20.3 Å². The van der Waals surface area contributed by atoms with Crippen molar-refractivity contribution in [2.45, 2.75) is 9.79 Å². The van der Waals surface area contributed by atoms with Crippen molar-refractivity contribution in [3.63, 3.8) is 0 Å². The van der Waals surface area contributed by atoms with Crippen LogP contribution in [-0.4, -0.2) is 21.5 Å². The SMILES string of the molecule is NS(=O)(=O)c1ccc(S(=O)(=O)Nn2cc(Cl)c3ccccc32)cc1. The molecule has 0 spiro atoms. The molecule has 0 bridgehead atoms. The first kappa shape index (κ1) is 16.8. The molecule has 3 aromatic rings. The average molecular weight is 386 g/mol. The van der Waals surface area contributed by atoms with Gasteiger partial charge in [-0.2, -0.15) is 8.42 Å². The van der Waals surface area contributed by atoms with E-state index in [0.717, 1.165) is 24.3 Å². The standard InChI is InChI=1S/C14H12ClN3O4S2/c15-13-9-18(14-4-2-1-3-12(13)14)17-24(21,22)11-7-5-10(6-8-11)23(16,19)20/h1-9,17H,(H2,16,19,20). The van der Waals surface area contributed by atoms with Gasteiger partial charge in [0.15, 0.2) is 0 Å². The van der Waals surface area contributed by atoms with Gasteiger partial charge in [0, 0.05) is 11.6 Å². The number of sulfonamides is 2. The van der Waals surface area contributed by atoms with Gasteiger partial charge in [0.2, 0.25) is 10.0 Å². The predicted molar refractivity (Wildman–Crippen MR) is 91.3 cm³/mol. The zero-order chi connectivity index (χ0) is 17.5. The molecule has 0 aliphatic carbocycles. The molecule has 10 heteroatoms. The van der Waals surface area contributed by atoms with Crippen LogP contribution in [0.25, 0.3) is 10.9 Å². The Balaban J connectivity index is 1.99. The number of nitrogens with two attached hydrogens (primary N) is 1. The van der Waals surface area contributed by atoms with Gasteiger partial charge in [-0.3, -0.25) is 4.68 Å². The number of fused-ring (bicyclic) bond motifs is 1.